The Morgan fingerprint density at radius 3 is 2.68 bits per heavy atom. The van der Waals surface area contributed by atoms with Crippen LogP contribution >= 0.6 is 0 Å². The van der Waals surface area contributed by atoms with Crippen LogP contribution in [0.25, 0.3) is 0 Å². The summed E-state index contributed by atoms with van der Waals surface area (Å²) in [6, 6.07) is 8.65. The number of ether oxygens (including phenoxy) is 1. The zero-order valence-corrected chi connectivity index (χ0v) is 11.8. The van der Waals surface area contributed by atoms with Gasteiger partial charge in [0.05, 0.1) is 13.2 Å². The Hall–Kier alpha value is -1.06. The summed E-state index contributed by atoms with van der Waals surface area (Å²) in [7, 11) is 0. The van der Waals surface area contributed by atoms with E-state index in [1.54, 1.807) is 0 Å². The predicted molar refractivity (Wildman–Crippen MR) is 77.4 cm³/mol. The summed E-state index contributed by atoms with van der Waals surface area (Å²) in [5.41, 5.74) is 1.30. The number of likely N-dealkylation sites (tertiary alicyclic amines) is 1. The van der Waals surface area contributed by atoms with E-state index in [2.05, 4.69) is 17.0 Å². The second-order valence-electron chi connectivity index (χ2n) is 5.23. The third kappa shape index (κ3) is 4.22. The topological polar surface area (TPSA) is 32.7 Å². The van der Waals surface area contributed by atoms with Gasteiger partial charge in [-0.15, -0.1) is 0 Å². The van der Waals surface area contributed by atoms with Crippen molar-refractivity contribution in [1.82, 2.24) is 4.90 Å². The van der Waals surface area contributed by atoms with Crippen molar-refractivity contribution >= 4 is 0 Å². The van der Waals surface area contributed by atoms with Crippen molar-refractivity contribution in [3.63, 3.8) is 0 Å². The molecule has 1 aromatic rings. The number of rotatable bonds is 5. The number of aliphatic hydroxyl groups is 1. The Labute approximate surface area is 116 Å². The molecule has 1 aliphatic heterocycles. The Kier molecular flexibility index (Phi) is 5.67. The normalized spacial score (nSPS) is 21.1. The number of aliphatic hydroxyl groups excluding tert-OH is 1. The third-order valence-corrected chi connectivity index (χ3v) is 3.83. The van der Waals surface area contributed by atoms with Crippen LogP contribution in [0.3, 0.4) is 0 Å². The van der Waals surface area contributed by atoms with Crippen molar-refractivity contribution in [1.29, 1.82) is 0 Å². The molecule has 0 aliphatic carbocycles. The zero-order chi connectivity index (χ0) is 13.5. The van der Waals surface area contributed by atoms with Crippen LogP contribution in [-0.4, -0.2) is 35.8 Å². The van der Waals surface area contributed by atoms with E-state index in [-0.39, 0.29) is 6.61 Å². The van der Waals surface area contributed by atoms with Crippen LogP contribution in [0.15, 0.2) is 24.3 Å². The fraction of sp³-hybridized carbons (Fsp3) is 0.625. The van der Waals surface area contributed by atoms with Gasteiger partial charge in [-0.25, -0.2) is 0 Å². The van der Waals surface area contributed by atoms with Crippen molar-refractivity contribution in [2.45, 2.75) is 45.2 Å². The molecule has 0 bridgehead atoms. The molecule has 1 aliphatic rings. The molecule has 0 spiro atoms. The van der Waals surface area contributed by atoms with Gasteiger partial charge in [-0.1, -0.05) is 25.0 Å². The number of benzene rings is 1. The summed E-state index contributed by atoms with van der Waals surface area (Å²) < 4.78 is 5.46. The predicted octanol–water partition coefficient (Wildman–Crippen LogP) is 2.82. The molecule has 3 heteroatoms. The lowest BCUT2D eigenvalue weighted by Crippen LogP contribution is -2.36. The van der Waals surface area contributed by atoms with Gasteiger partial charge in [-0.05, 0) is 44.0 Å². The first-order valence-electron chi connectivity index (χ1n) is 7.40. The molecule has 1 N–H and O–H groups in total. The average molecular weight is 263 g/mol. The maximum atomic E-state index is 9.52. The first-order chi connectivity index (χ1) is 9.33. The molecule has 1 aromatic carbocycles. The maximum absolute atomic E-state index is 9.52. The van der Waals surface area contributed by atoms with E-state index in [4.69, 9.17) is 4.74 Å². The molecule has 1 unspecified atom stereocenters. The molecule has 0 aromatic heterocycles. The number of hydrogen-bond donors (Lipinski definition) is 1. The minimum atomic E-state index is 0.275. The molecule has 0 amide bonds. The largest absolute Gasteiger partial charge is 0.494 e. The second kappa shape index (κ2) is 7.51. The molecular weight excluding hydrogens is 238 g/mol. The highest BCUT2D eigenvalue weighted by Crippen LogP contribution is 2.20. The SMILES string of the molecule is CCOc1ccc(CN2CCCCCC2CO)cc1. The van der Waals surface area contributed by atoms with Gasteiger partial charge < -0.3 is 9.84 Å². The molecule has 1 heterocycles. The minimum absolute atomic E-state index is 0.275. The molecular formula is C16H25NO2. The van der Waals surface area contributed by atoms with Crippen LogP contribution in [0.2, 0.25) is 0 Å². The van der Waals surface area contributed by atoms with Crippen molar-refractivity contribution in [3.8, 4) is 5.75 Å². The Balaban J connectivity index is 1.97. The number of hydrogen-bond acceptors (Lipinski definition) is 3. The van der Waals surface area contributed by atoms with Crippen LogP contribution < -0.4 is 4.74 Å². The summed E-state index contributed by atoms with van der Waals surface area (Å²) >= 11 is 0. The maximum Gasteiger partial charge on any atom is 0.119 e. The van der Waals surface area contributed by atoms with Gasteiger partial charge in [0.25, 0.3) is 0 Å². The smallest absolute Gasteiger partial charge is 0.119 e. The summed E-state index contributed by atoms with van der Waals surface area (Å²) in [4.78, 5) is 2.42. The summed E-state index contributed by atoms with van der Waals surface area (Å²) in [5.74, 6) is 0.931. The molecule has 3 nitrogen and oxygen atoms in total. The molecule has 2 rings (SSSR count). The summed E-state index contributed by atoms with van der Waals surface area (Å²) in [6.07, 6.45) is 4.89. The van der Waals surface area contributed by atoms with Gasteiger partial charge in [0.2, 0.25) is 0 Å². The monoisotopic (exact) mass is 263 g/mol. The molecule has 1 fully saturated rings. The van der Waals surface area contributed by atoms with Gasteiger partial charge in [0.15, 0.2) is 0 Å². The van der Waals surface area contributed by atoms with Crippen LogP contribution in [0.5, 0.6) is 5.75 Å². The second-order valence-corrected chi connectivity index (χ2v) is 5.23. The minimum Gasteiger partial charge on any atom is -0.494 e. The van der Waals surface area contributed by atoms with Crippen molar-refractivity contribution in [2.75, 3.05) is 19.8 Å². The van der Waals surface area contributed by atoms with E-state index in [0.717, 1.165) is 25.3 Å². The first-order valence-corrected chi connectivity index (χ1v) is 7.40. The van der Waals surface area contributed by atoms with E-state index in [9.17, 15) is 5.11 Å². The lowest BCUT2D eigenvalue weighted by atomic mass is 10.1. The average Bonchev–Trinajstić information content (AvgIpc) is 2.66. The van der Waals surface area contributed by atoms with Gasteiger partial charge in [-0.3, -0.25) is 4.90 Å². The highest BCUT2D eigenvalue weighted by molar-refractivity contribution is 5.27. The van der Waals surface area contributed by atoms with E-state index in [1.165, 1.54) is 24.8 Å². The van der Waals surface area contributed by atoms with Crippen molar-refractivity contribution in [3.05, 3.63) is 29.8 Å². The highest BCUT2D eigenvalue weighted by atomic mass is 16.5. The lowest BCUT2D eigenvalue weighted by molar-refractivity contribution is 0.118. The molecule has 0 saturated carbocycles. The molecule has 106 valence electrons. The van der Waals surface area contributed by atoms with Crippen LogP contribution in [0.4, 0.5) is 0 Å². The molecule has 19 heavy (non-hydrogen) atoms. The third-order valence-electron chi connectivity index (χ3n) is 3.83. The number of nitrogens with zero attached hydrogens (tertiary/aromatic N) is 1. The van der Waals surface area contributed by atoms with E-state index in [1.807, 2.05) is 19.1 Å². The lowest BCUT2D eigenvalue weighted by Gasteiger charge is -2.28. The van der Waals surface area contributed by atoms with E-state index in [0.29, 0.717) is 12.6 Å². The van der Waals surface area contributed by atoms with Gasteiger partial charge in [0.1, 0.15) is 5.75 Å². The van der Waals surface area contributed by atoms with Crippen LogP contribution in [-0.2, 0) is 6.54 Å². The zero-order valence-electron chi connectivity index (χ0n) is 11.8. The summed E-state index contributed by atoms with van der Waals surface area (Å²) in [5, 5.41) is 9.52. The first kappa shape index (κ1) is 14.4. The Morgan fingerprint density at radius 1 is 1.21 bits per heavy atom. The quantitative estimate of drug-likeness (QED) is 0.886. The Morgan fingerprint density at radius 2 is 2.00 bits per heavy atom. The Bertz CT molecular complexity index is 364. The standard InChI is InChI=1S/C16H25NO2/c1-2-19-16-9-7-14(8-10-16)12-17-11-5-3-4-6-15(17)13-18/h7-10,15,18H,2-6,11-13H2,1H3. The highest BCUT2D eigenvalue weighted by Gasteiger charge is 2.20. The molecule has 0 radical (unpaired) electrons. The van der Waals surface area contributed by atoms with Gasteiger partial charge >= 0.3 is 0 Å². The van der Waals surface area contributed by atoms with Crippen molar-refractivity contribution < 1.29 is 9.84 Å². The van der Waals surface area contributed by atoms with Gasteiger partial charge in [0, 0.05) is 12.6 Å². The molecule has 1 atom stereocenters. The fourth-order valence-corrected chi connectivity index (χ4v) is 2.74. The van der Waals surface area contributed by atoms with Crippen LogP contribution in [0.1, 0.15) is 38.2 Å². The fourth-order valence-electron chi connectivity index (χ4n) is 2.74. The van der Waals surface area contributed by atoms with Crippen molar-refractivity contribution in [2.24, 2.45) is 0 Å². The van der Waals surface area contributed by atoms with E-state index < -0.39 is 0 Å². The summed E-state index contributed by atoms with van der Waals surface area (Å²) in [6.45, 7) is 5.00. The van der Waals surface area contributed by atoms with E-state index >= 15 is 0 Å². The van der Waals surface area contributed by atoms with Crippen LogP contribution in [0, 0.1) is 0 Å². The van der Waals surface area contributed by atoms with Gasteiger partial charge in [-0.2, -0.15) is 0 Å². The molecule has 1 saturated heterocycles.